The molecule has 2 heterocycles. The summed E-state index contributed by atoms with van der Waals surface area (Å²) in [6.45, 7) is 0. The lowest BCUT2D eigenvalue weighted by Crippen LogP contribution is -2.50. The SMILES string of the molecule is ClC1CCCC(C2=CC(c3cccc(C4=C(c5ccccc5)NC(C5CCCCC5)C(c5ccccc5)N4)c3)=NC(C3CCCCC3)N2)C1. The van der Waals surface area contributed by atoms with Crippen molar-refractivity contribution in [3.05, 3.63) is 119 Å². The third-order valence-electron chi connectivity index (χ3n) is 12.1. The van der Waals surface area contributed by atoms with Crippen LogP contribution in [0.4, 0.5) is 0 Å². The highest BCUT2D eigenvalue weighted by atomic mass is 35.5. The summed E-state index contributed by atoms with van der Waals surface area (Å²) in [6.07, 6.45) is 20.2. The molecule has 49 heavy (non-hydrogen) atoms. The Morgan fingerprint density at radius 2 is 1.22 bits per heavy atom. The number of nitrogens with zero attached hydrogens (tertiary/aromatic N) is 1. The Morgan fingerprint density at radius 1 is 0.571 bits per heavy atom. The van der Waals surface area contributed by atoms with E-state index in [1.54, 1.807) is 0 Å². The minimum absolute atomic E-state index is 0.141. The predicted octanol–water partition coefficient (Wildman–Crippen LogP) is 10.4. The average molecular weight is 673 g/mol. The topological polar surface area (TPSA) is 48.5 Å². The van der Waals surface area contributed by atoms with Gasteiger partial charge < -0.3 is 16.0 Å². The lowest BCUT2D eigenvalue weighted by Gasteiger charge is -2.43. The molecule has 0 bridgehead atoms. The molecule has 3 saturated carbocycles. The van der Waals surface area contributed by atoms with E-state index >= 15 is 0 Å². The van der Waals surface area contributed by atoms with Gasteiger partial charge in [-0.15, -0.1) is 11.6 Å². The third-order valence-corrected chi connectivity index (χ3v) is 12.5. The maximum Gasteiger partial charge on any atom is 0.122 e. The van der Waals surface area contributed by atoms with Crippen molar-refractivity contribution in [3.63, 3.8) is 0 Å². The van der Waals surface area contributed by atoms with Crippen LogP contribution in [0.1, 0.15) is 118 Å². The normalized spacial score (nSPS) is 28.5. The molecule has 8 rings (SSSR count). The molecule has 5 aliphatic rings. The van der Waals surface area contributed by atoms with E-state index in [4.69, 9.17) is 16.6 Å². The number of halogens is 1. The van der Waals surface area contributed by atoms with Gasteiger partial charge in [-0.2, -0.15) is 0 Å². The van der Waals surface area contributed by atoms with Gasteiger partial charge in [0.1, 0.15) is 6.17 Å². The van der Waals surface area contributed by atoms with Gasteiger partial charge in [0.05, 0.1) is 29.2 Å². The van der Waals surface area contributed by atoms with Gasteiger partial charge >= 0.3 is 0 Å². The van der Waals surface area contributed by atoms with Gasteiger partial charge in [-0.25, -0.2) is 0 Å². The number of rotatable bonds is 7. The Kier molecular flexibility index (Phi) is 10.1. The Labute approximate surface area is 298 Å². The summed E-state index contributed by atoms with van der Waals surface area (Å²) in [5.41, 5.74) is 9.84. The molecule has 3 aromatic rings. The Bertz CT molecular complexity index is 1650. The van der Waals surface area contributed by atoms with E-state index in [1.165, 1.54) is 116 Å². The fourth-order valence-corrected chi connectivity index (χ4v) is 9.80. The first-order chi connectivity index (χ1) is 24.2. The molecule has 4 nitrogen and oxygen atoms in total. The minimum Gasteiger partial charge on any atom is -0.377 e. The standard InChI is InChI=1S/C44H53ClN4/c45-37-26-14-24-35(28-37)39-29-38(46-44(47-39)33-21-11-4-12-22-33)34-23-13-25-36(27-34)43-42(32-19-9-3-10-20-32)48-40(30-15-5-1-6-16-30)41(49-43)31-17-7-2-8-18-31/h2-3,7-10,13,17-20,23,25,27,29-30,33,35,37,40-41,44,47-49H,1,4-6,11-12,14-16,21-22,24,26,28H2. The molecule has 5 atom stereocenters. The van der Waals surface area contributed by atoms with Gasteiger partial charge in [0.15, 0.2) is 0 Å². The van der Waals surface area contributed by atoms with Crippen LogP contribution >= 0.6 is 11.6 Å². The maximum absolute atomic E-state index is 6.75. The number of benzene rings is 3. The van der Waals surface area contributed by atoms with E-state index in [0.717, 1.165) is 18.6 Å². The summed E-state index contributed by atoms with van der Waals surface area (Å²) in [7, 11) is 0. The summed E-state index contributed by atoms with van der Waals surface area (Å²) in [6, 6.07) is 31.7. The van der Waals surface area contributed by atoms with Crippen molar-refractivity contribution in [1.82, 2.24) is 16.0 Å². The second-order valence-electron chi connectivity index (χ2n) is 15.4. The van der Waals surface area contributed by atoms with Crippen LogP contribution in [0.2, 0.25) is 0 Å². The molecule has 0 aromatic heterocycles. The van der Waals surface area contributed by atoms with Gasteiger partial charge in [0.2, 0.25) is 0 Å². The maximum atomic E-state index is 6.75. The van der Waals surface area contributed by atoms with Gasteiger partial charge in [0.25, 0.3) is 0 Å². The molecule has 5 heteroatoms. The molecule has 0 amide bonds. The summed E-state index contributed by atoms with van der Waals surface area (Å²) in [5.74, 6) is 1.71. The Hall–Kier alpha value is -3.50. The molecular formula is C44H53ClN4. The average Bonchev–Trinajstić information content (AvgIpc) is 3.18. The van der Waals surface area contributed by atoms with E-state index in [0.29, 0.717) is 23.8 Å². The Balaban J connectivity index is 1.20. The number of alkyl halides is 1. The number of allylic oxidation sites excluding steroid dienone is 2. The minimum atomic E-state index is 0.141. The van der Waals surface area contributed by atoms with Gasteiger partial charge in [-0.05, 0) is 80.1 Å². The summed E-state index contributed by atoms with van der Waals surface area (Å²) in [4.78, 5) is 5.48. The molecular weight excluding hydrogens is 620 g/mol. The van der Waals surface area contributed by atoms with Crippen LogP contribution in [0.3, 0.4) is 0 Å². The highest BCUT2D eigenvalue weighted by Crippen LogP contribution is 2.40. The lowest BCUT2D eigenvalue weighted by atomic mass is 9.77. The van der Waals surface area contributed by atoms with Crippen molar-refractivity contribution in [2.45, 2.75) is 114 Å². The predicted molar refractivity (Wildman–Crippen MR) is 205 cm³/mol. The molecule has 0 saturated heterocycles. The summed E-state index contributed by atoms with van der Waals surface area (Å²) in [5, 5.41) is 12.6. The van der Waals surface area contributed by atoms with Gasteiger partial charge in [-0.3, -0.25) is 4.99 Å². The van der Waals surface area contributed by atoms with Crippen LogP contribution in [0.25, 0.3) is 11.4 Å². The third kappa shape index (κ3) is 7.36. The van der Waals surface area contributed by atoms with Crippen molar-refractivity contribution in [1.29, 1.82) is 0 Å². The second-order valence-corrected chi connectivity index (χ2v) is 16.0. The van der Waals surface area contributed by atoms with E-state index in [9.17, 15) is 0 Å². The van der Waals surface area contributed by atoms with E-state index < -0.39 is 0 Å². The molecule has 3 aromatic carbocycles. The quantitative estimate of drug-likeness (QED) is 0.219. The number of hydrogen-bond acceptors (Lipinski definition) is 4. The number of aliphatic imine (C=N–C) groups is 1. The van der Waals surface area contributed by atoms with Crippen LogP contribution in [0.15, 0.2) is 102 Å². The second kappa shape index (κ2) is 15.2. The van der Waals surface area contributed by atoms with Crippen molar-refractivity contribution in [2.24, 2.45) is 22.7 Å². The summed E-state index contributed by atoms with van der Waals surface area (Å²) < 4.78 is 0. The van der Waals surface area contributed by atoms with E-state index in [-0.39, 0.29) is 17.6 Å². The molecule has 0 radical (unpaired) electrons. The van der Waals surface area contributed by atoms with Crippen molar-refractivity contribution < 1.29 is 0 Å². The smallest absolute Gasteiger partial charge is 0.122 e. The molecule has 3 N–H and O–H groups in total. The highest BCUT2D eigenvalue weighted by molar-refractivity contribution is 6.20. The zero-order chi connectivity index (χ0) is 33.0. The monoisotopic (exact) mass is 672 g/mol. The molecule has 0 spiro atoms. The molecule has 2 aliphatic heterocycles. The lowest BCUT2D eigenvalue weighted by molar-refractivity contribution is 0.243. The van der Waals surface area contributed by atoms with Crippen LogP contribution in [0.5, 0.6) is 0 Å². The van der Waals surface area contributed by atoms with E-state index in [1.807, 2.05) is 0 Å². The van der Waals surface area contributed by atoms with Crippen LogP contribution < -0.4 is 16.0 Å². The fourth-order valence-electron chi connectivity index (χ4n) is 9.43. The number of hydrogen-bond donors (Lipinski definition) is 3. The number of nitrogens with one attached hydrogen (secondary N) is 3. The fraction of sp³-hybridized carbons (Fsp3) is 0.477. The van der Waals surface area contributed by atoms with Gasteiger partial charge in [0, 0.05) is 28.1 Å². The zero-order valence-electron chi connectivity index (χ0n) is 28.9. The van der Waals surface area contributed by atoms with Crippen molar-refractivity contribution in [3.8, 4) is 0 Å². The highest BCUT2D eigenvalue weighted by Gasteiger charge is 2.37. The van der Waals surface area contributed by atoms with Crippen molar-refractivity contribution >= 4 is 28.7 Å². The Morgan fingerprint density at radius 3 is 1.96 bits per heavy atom. The summed E-state index contributed by atoms with van der Waals surface area (Å²) >= 11 is 6.75. The largest absolute Gasteiger partial charge is 0.377 e. The molecule has 5 unspecified atom stereocenters. The van der Waals surface area contributed by atoms with Crippen molar-refractivity contribution in [2.75, 3.05) is 0 Å². The molecule has 256 valence electrons. The first-order valence-electron chi connectivity index (χ1n) is 19.4. The van der Waals surface area contributed by atoms with E-state index in [2.05, 4.69) is 107 Å². The zero-order valence-corrected chi connectivity index (χ0v) is 29.7. The first-order valence-corrected chi connectivity index (χ1v) is 19.8. The molecule has 3 fully saturated rings. The first kappa shape index (κ1) is 32.7. The van der Waals surface area contributed by atoms with Gasteiger partial charge in [-0.1, -0.05) is 124 Å². The van der Waals surface area contributed by atoms with Crippen LogP contribution in [0, 0.1) is 17.8 Å². The van der Waals surface area contributed by atoms with Crippen LogP contribution in [-0.2, 0) is 0 Å². The molecule has 3 aliphatic carbocycles. The van der Waals surface area contributed by atoms with Crippen LogP contribution in [-0.4, -0.2) is 23.3 Å².